The Bertz CT molecular complexity index is 769. The Kier molecular flexibility index (Phi) is 4.49. The van der Waals surface area contributed by atoms with Crippen molar-refractivity contribution < 1.29 is 13.2 Å². The zero-order chi connectivity index (χ0) is 15.3. The van der Waals surface area contributed by atoms with E-state index in [1.54, 1.807) is 43.5 Å². The highest BCUT2D eigenvalue weighted by atomic mass is 32.2. The van der Waals surface area contributed by atoms with E-state index in [9.17, 15) is 13.2 Å². The van der Waals surface area contributed by atoms with Crippen LogP contribution in [-0.2, 0) is 14.8 Å². The lowest BCUT2D eigenvalue weighted by atomic mass is 10.2. The normalized spacial score (nSPS) is 11.5. The van der Waals surface area contributed by atoms with Gasteiger partial charge < -0.3 is 0 Å². The second-order valence-corrected chi connectivity index (χ2v) is 6.06. The van der Waals surface area contributed by atoms with Gasteiger partial charge >= 0.3 is 0 Å². The molecule has 0 aliphatic carbocycles. The maximum Gasteiger partial charge on any atom is 0.264 e. The van der Waals surface area contributed by atoms with Gasteiger partial charge in [-0.15, -0.1) is 0 Å². The fourth-order valence-corrected chi connectivity index (χ4v) is 2.69. The number of hydrogen-bond acceptors (Lipinski definition) is 4. The molecule has 108 valence electrons. The van der Waals surface area contributed by atoms with Crippen molar-refractivity contribution in [2.75, 3.05) is 0 Å². The number of carbonyl (C=O) groups excluding carboxylic acids is 1. The van der Waals surface area contributed by atoms with Gasteiger partial charge in [0.15, 0.2) is 0 Å². The van der Waals surface area contributed by atoms with Crippen LogP contribution in [-0.4, -0.2) is 19.3 Å². The third-order valence-electron chi connectivity index (χ3n) is 2.63. The number of hydrogen-bond donors (Lipinski definition) is 1. The van der Waals surface area contributed by atoms with Gasteiger partial charge in [0.05, 0.1) is 10.6 Å². The number of pyridine rings is 1. The number of nitrogens with one attached hydrogen (secondary N) is 1. The molecule has 2 aromatic rings. The molecule has 2 rings (SSSR count). The first-order valence-electron chi connectivity index (χ1n) is 6.20. The summed E-state index contributed by atoms with van der Waals surface area (Å²) in [6.07, 6.45) is 4.16. The number of benzene rings is 1. The lowest BCUT2D eigenvalue weighted by molar-refractivity contribution is -0.114. The van der Waals surface area contributed by atoms with Crippen LogP contribution in [0.4, 0.5) is 0 Å². The van der Waals surface area contributed by atoms with Crippen molar-refractivity contribution in [3.05, 3.63) is 66.0 Å². The third-order valence-corrected chi connectivity index (χ3v) is 3.97. The maximum absolute atomic E-state index is 12.0. The van der Waals surface area contributed by atoms with E-state index >= 15 is 0 Å². The fraction of sp³-hybridized carbons (Fsp3) is 0.0667. The van der Waals surface area contributed by atoms with Crippen molar-refractivity contribution in [3.63, 3.8) is 0 Å². The number of aromatic nitrogens is 1. The van der Waals surface area contributed by atoms with E-state index in [2.05, 4.69) is 4.98 Å². The van der Waals surface area contributed by atoms with Gasteiger partial charge in [0.2, 0.25) is 0 Å². The Balaban J connectivity index is 2.10. The van der Waals surface area contributed by atoms with Crippen LogP contribution in [0.5, 0.6) is 0 Å². The van der Waals surface area contributed by atoms with E-state index < -0.39 is 15.9 Å². The number of amides is 1. The van der Waals surface area contributed by atoms with Crippen LogP contribution in [0.1, 0.15) is 11.3 Å². The zero-order valence-corrected chi connectivity index (χ0v) is 12.2. The first-order valence-corrected chi connectivity index (χ1v) is 7.68. The number of aryl methyl sites for hydroxylation is 1. The van der Waals surface area contributed by atoms with E-state index in [1.807, 2.05) is 4.72 Å². The van der Waals surface area contributed by atoms with E-state index in [0.717, 1.165) is 11.6 Å². The molecular formula is C15H14N2O3S. The minimum absolute atomic E-state index is 0.0575. The number of sulfonamides is 1. The average Bonchev–Trinajstić information content (AvgIpc) is 2.46. The molecule has 0 radical (unpaired) electrons. The van der Waals surface area contributed by atoms with Crippen LogP contribution < -0.4 is 4.72 Å². The summed E-state index contributed by atoms with van der Waals surface area (Å²) in [5.74, 6) is -0.720. The van der Waals surface area contributed by atoms with Crippen molar-refractivity contribution in [2.45, 2.75) is 11.8 Å². The van der Waals surface area contributed by atoms with Gasteiger partial charge in [0, 0.05) is 12.3 Å². The highest BCUT2D eigenvalue weighted by Gasteiger charge is 2.15. The van der Waals surface area contributed by atoms with Crippen molar-refractivity contribution in [2.24, 2.45) is 0 Å². The minimum atomic E-state index is -3.86. The molecule has 0 saturated heterocycles. The SMILES string of the molecule is Cc1cccc(S(=O)(=O)NC(=O)/C=C/c2ccccn2)c1. The first kappa shape index (κ1) is 14.9. The molecule has 0 fully saturated rings. The second-order valence-electron chi connectivity index (χ2n) is 4.37. The Morgan fingerprint density at radius 3 is 2.67 bits per heavy atom. The molecule has 0 unspecified atom stereocenters. The summed E-state index contributed by atoms with van der Waals surface area (Å²) >= 11 is 0. The summed E-state index contributed by atoms with van der Waals surface area (Å²) in [4.78, 5) is 15.7. The van der Waals surface area contributed by atoms with Gasteiger partial charge in [-0.2, -0.15) is 0 Å². The molecule has 0 atom stereocenters. The molecule has 1 heterocycles. The summed E-state index contributed by atoms with van der Waals surface area (Å²) < 4.78 is 26.0. The Morgan fingerprint density at radius 2 is 2.00 bits per heavy atom. The van der Waals surface area contributed by atoms with Crippen LogP contribution in [0.2, 0.25) is 0 Å². The van der Waals surface area contributed by atoms with E-state index in [0.29, 0.717) is 5.69 Å². The topological polar surface area (TPSA) is 76.1 Å². The van der Waals surface area contributed by atoms with Crippen molar-refractivity contribution in [1.29, 1.82) is 0 Å². The monoisotopic (exact) mass is 302 g/mol. The van der Waals surface area contributed by atoms with Gasteiger partial charge in [-0.3, -0.25) is 9.78 Å². The van der Waals surface area contributed by atoms with Crippen LogP contribution >= 0.6 is 0 Å². The summed E-state index contributed by atoms with van der Waals surface area (Å²) in [5, 5.41) is 0. The quantitative estimate of drug-likeness (QED) is 0.875. The second kappa shape index (κ2) is 6.32. The summed E-state index contributed by atoms with van der Waals surface area (Å²) in [6, 6.07) is 11.6. The van der Waals surface area contributed by atoms with Gasteiger partial charge in [-0.1, -0.05) is 18.2 Å². The molecule has 1 amide bonds. The molecule has 1 N–H and O–H groups in total. The van der Waals surface area contributed by atoms with E-state index in [1.165, 1.54) is 18.2 Å². The Labute approximate surface area is 123 Å². The minimum Gasteiger partial charge on any atom is -0.269 e. The molecular weight excluding hydrogens is 288 g/mol. The predicted octanol–water partition coefficient (Wildman–Crippen LogP) is 1.91. The maximum atomic E-state index is 12.0. The fourth-order valence-electron chi connectivity index (χ4n) is 1.64. The molecule has 5 nitrogen and oxygen atoms in total. The van der Waals surface area contributed by atoms with Crippen LogP contribution in [0.3, 0.4) is 0 Å². The zero-order valence-electron chi connectivity index (χ0n) is 11.4. The van der Waals surface area contributed by atoms with Gasteiger partial charge in [-0.05, 0) is 42.8 Å². The van der Waals surface area contributed by atoms with Crippen molar-refractivity contribution in [1.82, 2.24) is 9.71 Å². The lowest BCUT2D eigenvalue weighted by Gasteiger charge is -2.05. The first-order chi connectivity index (χ1) is 9.97. The largest absolute Gasteiger partial charge is 0.269 e. The predicted molar refractivity (Wildman–Crippen MR) is 79.8 cm³/mol. The molecule has 1 aromatic heterocycles. The summed E-state index contributed by atoms with van der Waals surface area (Å²) in [7, 11) is -3.86. The van der Waals surface area contributed by atoms with Crippen LogP contribution in [0.25, 0.3) is 6.08 Å². The van der Waals surface area contributed by atoms with Crippen LogP contribution in [0.15, 0.2) is 59.6 Å². The number of rotatable bonds is 4. The highest BCUT2D eigenvalue weighted by molar-refractivity contribution is 7.90. The average molecular weight is 302 g/mol. The molecule has 1 aromatic carbocycles. The van der Waals surface area contributed by atoms with Gasteiger partial charge in [0.1, 0.15) is 0 Å². The molecule has 6 heteroatoms. The molecule has 0 aliphatic rings. The molecule has 0 aliphatic heterocycles. The van der Waals surface area contributed by atoms with E-state index in [4.69, 9.17) is 0 Å². The number of carbonyl (C=O) groups is 1. The third kappa shape index (κ3) is 4.25. The molecule has 21 heavy (non-hydrogen) atoms. The summed E-state index contributed by atoms with van der Waals surface area (Å²) in [5.41, 5.74) is 1.37. The van der Waals surface area contributed by atoms with Gasteiger partial charge in [-0.25, -0.2) is 13.1 Å². The van der Waals surface area contributed by atoms with Gasteiger partial charge in [0.25, 0.3) is 15.9 Å². The standard InChI is InChI=1S/C15H14N2O3S/c1-12-5-4-7-14(11-12)21(19,20)17-15(18)9-8-13-6-2-3-10-16-13/h2-11H,1H3,(H,17,18)/b9-8+. The Hall–Kier alpha value is -2.47. The van der Waals surface area contributed by atoms with E-state index in [-0.39, 0.29) is 4.90 Å². The Morgan fingerprint density at radius 1 is 1.19 bits per heavy atom. The summed E-state index contributed by atoms with van der Waals surface area (Å²) in [6.45, 7) is 1.78. The molecule has 0 bridgehead atoms. The van der Waals surface area contributed by atoms with Crippen LogP contribution in [0, 0.1) is 6.92 Å². The lowest BCUT2D eigenvalue weighted by Crippen LogP contribution is -2.29. The van der Waals surface area contributed by atoms with Crippen molar-refractivity contribution in [3.8, 4) is 0 Å². The highest BCUT2D eigenvalue weighted by Crippen LogP contribution is 2.10. The smallest absolute Gasteiger partial charge is 0.264 e. The number of nitrogens with zero attached hydrogens (tertiary/aromatic N) is 1. The molecule has 0 saturated carbocycles. The van der Waals surface area contributed by atoms with Crippen molar-refractivity contribution >= 4 is 22.0 Å². The molecule has 0 spiro atoms.